The predicted molar refractivity (Wildman–Crippen MR) is 115 cm³/mol. The fraction of sp³-hybridized carbons (Fsp3) is 1.00. The van der Waals surface area contributed by atoms with Crippen molar-refractivity contribution in [1.82, 2.24) is 5.32 Å². The maximum atomic E-state index is 11.6. The summed E-state index contributed by atoms with van der Waals surface area (Å²) in [7, 11) is -3.82. The highest BCUT2D eigenvalue weighted by Gasteiger charge is 2.19. The zero-order valence-corrected chi connectivity index (χ0v) is 19.5. The van der Waals surface area contributed by atoms with Gasteiger partial charge in [0, 0.05) is 0 Å². The van der Waals surface area contributed by atoms with Gasteiger partial charge in [-0.3, -0.25) is 14.4 Å². The zero-order chi connectivity index (χ0) is 21.7. The molecule has 0 heterocycles. The molecular weight excluding hydrogens is 381 g/mol. The Bertz CT molecular complexity index is 328. The van der Waals surface area contributed by atoms with Crippen LogP contribution in [0.2, 0.25) is 0 Å². The molecule has 0 saturated carbocycles. The van der Waals surface area contributed by atoms with Crippen LogP contribution in [-0.2, 0) is 13.6 Å². The Balaban J connectivity index is 0. The molecule has 0 spiro atoms. The standard InChI is InChI=1S/C16H35O4P.C4H11NO2/c1-3-5-7-9-11-13-15-19-21(17,18)20-16-14-12-10-8-6-4-2;1-3(6)5-4(2)7/h3-16H2,1-2H3,(H,17,18);3-7H,1-2H3. The number of rotatable bonds is 18. The van der Waals surface area contributed by atoms with Crippen LogP contribution >= 0.6 is 7.82 Å². The minimum absolute atomic E-state index is 0.316. The summed E-state index contributed by atoms with van der Waals surface area (Å²) in [5.41, 5.74) is 0. The Labute approximate surface area is 172 Å². The van der Waals surface area contributed by atoms with Gasteiger partial charge in [-0.15, -0.1) is 0 Å². The zero-order valence-electron chi connectivity index (χ0n) is 18.6. The molecule has 172 valence electrons. The van der Waals surface area contributed by atoms with E-state index in [-0.39, 0.29) is 0 Å². The summed E-state index contributed by atoms with van der Waals surface area (Å²) in [4.78, 5) is 9.51. The van der Waals surface area contributed by atoms with Gasteiger partial charge >= 0.3 is 7.82 Å². The second-order valence-electron chi connectivity index (χ2n) is 7.19. The molecule has 0 rings (SSSR count). The Morgan fingerprint density at radius 3 is 1.32 bits per heavy atom. The van der Waals surface area contributed by atoms with E-state index < -0.39 is 20.3 Å². The van der Waals surface area contributed by atoms with Crippen LogP contribution in [0, 0.1) is 0 Å². The van der Waals surface area contributed by atoms with Crippen LogP contribution in [0.1, 0.15) is 105 Å². The van der Waals surface area contributed by atoms with Gasteiger partial charge in [0.15, 0.2) is 0 Å². The van der Waals surface area contributed by atoms with E-state index in [4.69, 9.17) is 19.3 Å². The van der Waals surface area contributed by atoms with Gasteiger partial charge in [-0.1, -0.05) is 78.1 Å². The van der Waals surface area contributed by atoms with Crippen LogP contribution < -0.4 is 5.32 Å². The first kappa shape index (κ1) is 30.2. The second-order valence-corrected chi connectivity index (χ2v) is 8.64. The normalized spacial score (nSPS) is 13.7. The fourth-order valence-electron chi connectivity index (χ4n) is 2.51. The molecule has 0 fully saturated rings. The second kappa shape index (κ2) is 21.7. The van der Waals surface area contributed by atoms with Gasteiger partial charge in [-0.2, -0.15) is 0 Å². The van der Waals surface area contributed by atoms with E-state index in [2.05, 4.69) is 19.2 Å². The number of phosphoric ester groups is 1. The summed E-state index contributed by atoms with van der Waals surface area (Å²) in [5, 5.41) is 19.3. The van der Waals surface area contributed by atoms with Crippen LogP contribution in [0.25, 0.3) is 0 Å². The maximum Gasteiger partial charge on any atom is 0.472 e. The number of phosphoric acid groups is 1. The lowest BCUT2D eigenvalue weighted by atomic mass is 10.1. The molecule has 0 amide bonds. The van der Waals surface area contributed by atoms with E-state index in [1.807, 2.05) is 0 Å². The summed E-state index contributed by atoms with van der Waals surface area (Å²) >= 11 is 0. The van der Waals surface area contributed by atoms with Gasteiger partial charge in [0.1, 0.15) is 12.5 Å². The van der Waals surface area contributed by atoms with Crippen molar-refractivity contribution in [2.75, 3.05) is 13.2 Å². The number of aliphatic hydroxyl groups is 2. The van der Waals surface area contributed by atoms with Gasteiger partial charge in [-0.25, -0.2) is 4.57 Å². The molecule has 0 aliphatic carbocycles. The van der Waals surface area contributed by atoms with Crippen molar-refractivity contribution in [2.45, 2.75) is 117 Å². The van der Waals surface area contributed by atoms with Crippen LogP contribution in [0.3, 0.4) is 0 Å². The highest BCUT2D eigenvalue weighted by atomic mass is 31.2. The predicted octanol–water partition coefficient (Wildman–Crippen LogP) is 5.09. The van der Waals surface area contributed by atoms with Crippen molar-refractivity contribution in [1.29, 1.82) is 0 Å². The molecule has 0 aliphatic rings. The molecular formula is C20H46NO6P. The average molecular weight is 428 g/mol. The average Bonchev–Trinajstić information content (AvgIpc) is 2.59. The lowest BCUT2D eigenvalue weighted by Gasteiger charge is -2.12. The lowest BCUT2D eigenvalue weighted by Crippen LogP contribution is -2.33. The molecule has 2 atom stereocenters. The molecule has 0 aliphatic heterocycles. The van der Waals surface area contributed by atoms with Gasteiger partial charge in [-0.05, 0) is 26.7 Å². The summed E-state index contributed by atoms with van der Waals surface area (Å²) in [6.45, 7) is 8.10. The molecule has 0 bridgehead atoms. The summed E-state index contributed by atoms with van der Waals surface area (Å²) in [6.07, 6.45) is 12.3. The molecule has 7 nitrogen and oxygen atoms in total. The summed E-state index contributed by atoms with van der Waals surface area (Å²) < 4.78 is 21.5. The number of unbranched alkanes of at least 4 members (excludes halogenated alkanes) is 10. The Kier molecular flexibility index (Phi) is 23.4. The molecule has 2 unspecified atom stereocenters. The van der Waals surface area contributed by atoms with E-state index in [0.29, 0.717) is 13.2 Å². The van der Waals surface area contributed by atoms with E-state index in [1.54, 1.807) is 13.8 Å². The first-order chi connectivity index (χ1) is 13.2. The van der Waals surface area contributed by atoms with E-state index in [0.717, 1.165) is 25.7 Å². The van der Waals surface area contributed by atoms with Crippen molar-refractivity contribution in [2.24, 2.45) is 0 Å². The molecule has 0 aromatic carbocycles. The number of hydrogen-bond donors (Lipinski definition) is 4. The number of nitrogens with one attached hydrogen (secondary N) is 1. The van der Waals surface area contributed by atoms with Crippen molar-refractivity contribution >= 4 is 7.82 Å². The van der Waals surface area contributed by atoms with Crippen LogP contribution in [-0.4, -0.2) is 40.8 Å². The number of hydrogen-bond acceptors (Lipinski definition) is 6. The first-order valence-electron chi connectivity index (χ1n) is 11.0. The Hall–Kier alpha value is -0.0100. The van der Waals surface area contributed by atoms with E-state index in [9.17, 15) is 9.46 Å². The maximum absolute atomic E-state index is 11.6. The highest BCUT2D eigenvalue weighted by molar-refractivity contribution is 7.47. The fourth-order valence-corrected chi connectivity index (χ4v) is 3.31. The van der Waals surface area contributed by atoms with Crippen molar-refractivity contribution in [3.8, 4) is 0 Å². The van der Waals surface area contributed by atoms with Crippen molar-refractivity contribution in [3.05, 3.63) is 0 Å². The molecule has 28 heavy (non-hydrogen) atoms. The number of aliphatic hydroxyl groups excluding tert-OH is 2. The van der Waals surface area contributed by atoms with Gasteiger partial charge in [0.25, 0.3) is 0 Å². The molecule has 8 heteroatoms. The first-order valence-corrected chi connectivity index (χ1v) is 12.5. The third-order valence-corrected chi connectivity index (χ3v) is 5.00. The summed E-state index contributed by atoms with van der Waals surface area (Å²) in [5.74, 6) is 0. The third kappa shape index (κ3) is 28.2. The van der Waals surface area contributed by atoms with Gasteiger partial charge in [0.2, 0.25) is 0 Å². The minimum atomic E-state index is -3.82. The molecule has 0 aromatic rings. The van der Waals surface area contributed by atoms with Gasteiger partial charge in [0.05, 0.1) is 13.2 Å². The lowest BCUT2D eigenvalue weighted by molar-refractivity contribution is 0.0632. The van der Waals surface area contributed by atoms with Crippen molar-refractivity contribution in [3.63, 3.8) is 0 Å². The van der Waals surface area contributed by atoms with Gasteiger partial charge < -0.3 is 15.1 Å². The molecule has 0 saturated heterocycles. The topological polar surface area (TPSA) is 108 Å². The quantitative estimate of drug-likeness (QED) is 0.137. The summed E-state index contributed by atoms with van der Waals surface area (Å²) in [6, 6.07) is 0. The monoisotopic (exact) mass is 427 g/mol. The molecule has 4 N–H and O–H groups in total. The highest BCUT2D eigenvalue weighted by Crippen LogP contribution is 2.43. The third-order valence-electron chi connectivity index (χ3n) is 3.99. The van der Waals surface area contributed by atoms with Crippen molar-refractivity contribution < 1.29 is 28.7 Å². The molecule has 0 aromatic heterocycles. The molecule has 0 radical (unpaired) electrons. The Morgan fingerprint density at radius 1 is 0.714 bits per heavy atom. The SMILES string of the molecule is CC(O)NC(C)O.CCCCCCCCOP(=O)(O)OCCCCCCCC. The van der Waals surface area contributed by atoms with E-state index >= 15 is 0 Å². The van der Waals surface area contributed by atoms with E-state index in [1.165, 1.54) is 51.4 Å². The minimum Gasteiger partial charge on any atom is -0.379 e. The smallest absolute Gasteiger partial charge is 0.379 e. The Morgan fingerprint density at radius 2 is 1.04 bits per heavy atom. The van der Waals surface area contributed by atoms with Crippen LogP contribution in [0.5, 0.6) is 0 Å². The van der Waals surface area contributed by atoms with Crippen LogP contribution in [0.15, 0.2) is 0 Å². The largest absolute Gasteiger partial charge is 0.472 e. The van der Waals surface area contributed by atoms with Crippen LogP contribution in [0.4, 0.5) is 0 Å².